The van der Waals surface area contributed by atoms with Crippen LogP contribution >= 0.6 is 0 Å². The van der Waals surface area contributed by atoms with E-state index in [1.807, 2.05) is 28.8 Å². The zero-order chi connectivity index (χ0) is 15.3. The minimum Gasteiger partial charge on any atom is -0.399 e. The predicted octanol–water partition coefficient (Wildman–Crippen LogP) is 3.82. The van der Waals surface area contributed by atoms with E-state index < -0.39 is 11.6 Å². The average molecular weight is 299 g/mol. The van der Waals surface area contributed by atoms with Gasteiger partial charge in [0, 0.05) is 30.3 Å². The lowest BCUT2D eigenvalue weighted by Crippen LogP contribution is -2.04. The van der Waals surface area contributed by atoms with Crippen LogP contribution in [0.4, 0.5) is 14.5 Å². The van der Waals surface area contributed by atoms with E-state index in [1.54, 1.807) is 0 Å². The summed E-state index contributed by atoms with van der Waals surface area (Å²) in [5.74, 6) is -0.385. The molecular formula is C17H15F2N3. The van der Waals surface area contributed by atoms with E-state index in [-0.39, 0.29) is 0 Å². The van der Waals surface area contributed by atoms with E-state index in [4.69, 9.17) is 5.73 Å². The highest BCUT2D eigenvalue weighted by Crippen LogP contribution is 2.41. The van der Waals surface area contributed by atoms with Crippen molar-refractivity contribution in [3.8, 4) is 0 Å². The van der Waals surface area contributed by atoms with Crippen LogP contribution in [0.15, 0.2) is 36.4 Å². The number of rotatable bonds is 3. The summed E-state index contributed by atoms with van der Waals surface area (Å²) in [6.07, 6.45) is 2.16. The van der Waals surface area contributed by atoms with Gasteiger partial charge in [-0.25, -0.2) is 13.8 Å². The zero-order valence-electron chi connectivity index (χ0n) is 11.9. The number of anilines is 1. The van der Waals surface area contributed by atoms with Gasteiger partial charge < -0.3 is 10.3 Å². The lowest BCUT2D eigenvalue weighted by atomic mass is 10.2. The SMILES string of the molecule is Nc1ccc(Cn2c(C3CC3)nc3cc(F)c(F)cc32)cc1. The fourth-order valence-corrected chi connectivity index (χ4v) is 2.76. The van der Waals surface area contributed by atoms with Crippen LogP contribution in [0.25, 0.3) is 11.0 Å². The zero-order valence-corrected chi connectivity index (χ0v) is 11.9. The summed E-state index contributed by atoms with van der Waals surface area (Å²) in [6.45, 7) is 0.577. The van der Waals surface area contributed by atoms with Crippen LogP contribution in [0.2, 0.25) is 0 Å². The Bertz CT molecular complexity index is 848. The number of nitrogens with two attached hydrogens (primary N) is 1. The maximum atomic E-state index is 13.6. The summed E-state index contributed by atoms with van der Waals surface area (Å²) in [5.41, 5.74) is 8.61. The highest BCUT2D eigenvalue weighted by molar-refractivity contribution is 5.76. The Morgan fingerprint density at radius 2 is 1.77 bits per heavy atom. The fraction of sp³-hybridized carbons (Fsp3) is 0.235. The summed E-state index contributed by atoms with van der Waals surface area (Å²) >= 11 is 0. The third-order valence-electron chi connectivity index (χ3n) is 4.08. The molecule has 2 aromatic carbocycles. The summed E-state index contributed by atoms with van der Waals surface area (Å²) in [4.78, 5) is 4.52. The quantitative estimate of drug-likeness (QED) is 0.747. The van der Waals surface area contributed by atoms with E-state index in [0.29, 0.717) is 29.2 Å². The number of hydrogen-bond donors (Lipinski definition) is 1. The molecule has 2 N–H and O–H groups in total. The van der Waals surface area contributed by atoms with Gasteiger partial charge in [-0.3, -0.25) is 0 Å². The van der Waals surface area contributed by atoms with Crippen molar-refractivity contribution in [3.63, 3.8) is 0 Å². The third-order valence-corrected chi connectivity index (χ3v) is 4.08. The molecule has 0 atom stereocenters. The van der Waals surface area contributed by atoms with Crippen LogP contribution in [0, 0.1) is 11.6 Å². The predicted molar refractivity (Wildman–Crippen MR) is 81.6 cm³/mol. The van der Waals surface area contributed by atoms with Gasteiger partial charge in [0.2, 0.25) is 0 Å². The van der Waals surface area contributed by atoms with E-state index in [2.05, 4.69) is 4.98 Å². The first-order chi connectivity index (χ1) is 10.6. The molecule has 4 rings (SSSR count). The molecule has 1 heterocycles. The molecule has 1 aliphatic rings. The van der Waals surface area contributed by atoms with Crippen LogP contribution in [0.1, 0.15) is 30.1 Å². The maximum Gasteiger partial charge on any atom is 0.161 e. The van der Waals surface area contributed by atoms with Gasteiger partial charge in [-0.05, 0) is 30.5 Å². The standard InChI is InChI=1S/C17H15F2N3/c18-13-7-15-16(8-14(13)19)22(17(21-15)11-3-4-11)9-10-1-5-12(20)6-2-10/h1-2,5-8,11H,3-4,9,20H2. The molecule has 1 saturated carbocycles. The largest absolute Gasteiger partial charge is 0.399 e. The smallest absolute Gasteiger partial charge is 0.161 e. The number of imidazole rings is 1. The van der Waals surface area contributed by atoms with E-state index >= 15 is 0 Å². The molecule has 1 fully saturated rings. The van der Waals surface area contributed by atoms with Crippen molar-refractivity contribution in [2.45, 2.75) is 25.3 Å². The summed E-state index contributed by atoms with van der Waals surface area (Å²) in [6, 6.07) is 9.98. The molecular weight excluding hydrogens is 284 g/mol. The topological polar surface area (TPSA) is 43.8 Å². The first-order valence-electron chi connectivity index (χ1n) is 7.31. The molecule has 0 saturated heterocycles. The number of hydrogen-bond acceptors (Lipinski definition) is 2. The van der Waals surface area contributed by atoms with Crippen LogP contribution in [-0.2, 0) is 6.54 Å². The normalized spacial score (nSPS) is 14.6. The fourth-order valence-electron chi connectivity index (χ4n) is 2.76. The maximum absolute atomic E-state index is 13.6. The minimum atomic E-state index is -0.855. The van der Waals surface area contributed by atoms with Gasteiger partial charge in [-0.2, -0.15) is 0 Å². The Balaban J connectivity index is 1.84. The first kappa shape index (κ1) is 13.2. The number of nitrogens with zero attached hydrogens (tertiary/aromatic N) is 2. The second-order valence-electron chi connectivity index (χ2n) is 5.83. The van der Waals surface area contributed by atoms with Crippen LogP contribution in [0.3, 0.4) is 0 Å². The average Bonchev–Trinajstić information content (AvgIpc) is 3.28. The lowest BCUT2D eigenvalue weighted by molar-refractivity contribution is 0.510. The van der Waals surface area contributed by atoms with Crippen molar-refractivity contribution in [1.82, 2.24) is 9.55 Å². The summed E-state index contributed by atoms with van der Waals surface area (Å²) in [7, 11) is 0. The van der Waals surface area contributed by atoms with Gasteiger partial charge >= 0.3 is 0 Å². The van der Waals surface area contributed by atoms with Gasteiger partial charge in [0.1, 0.15) is 5.82 Å². The van der Waals surface area contributed by atoms with Crippen LogP contribution in [0.5, 0.6) is 0 Å². The molecule has 0 amide bonds. The molecule has 22 heavy (non-hydrogen) atoms. The van der Waals surface area contributed by atoms with Gasteiger partial charge in [-0.15, -0.1) is 0 Å². The summed E-state index contributed by atoms with van der Waals surface area (Å²) in [5, 5.41) is 0. The van der Waals surface area contributed by atoms with E-state index in [9.17, 15) is 8.78 Å². The Morgan fingerprint density at radius 3 is 2.45 bits per heavy atom. The number of halogens is 2. The number of aromatic nitrogens is 2. The molecule has 0 spiro atoms. The van der Waals surface area contributed by atoms with Crippen LogP contribution < -0.4 is 5.73 Å². The van der Waals surface area contributed by atoms with Crippen molar-refractivity contribution >= 4 is 16.7 Å². The molecule has 0 radical (unpaired) electrons. The number of benzene rings is 2. The second kappa shape index (κ2) is 4.80. The number of nitrogen functional groups attached to an aromatic ring is 1. The van der Waals surface area contributed by atoms with Crippen molar-refractivity contribution in [2.75, 3.05) is 5.73 Å². The van der Waals surface area contributed by atoms with Crippen molar-refractivity contribution in [3.05, 3.63) is 59.4 Å². The first-order valence-corrected chi connectivity index (χ1v) is 7.31. The van der Waals surface area contributed by atoms with E-state index in [0.717, 1.165) is 24.2 Å². The molecule has 112 valence electrons. The molecule has 0 aliphatic heterocycles. The molecule has 3 aromatic rings. The molecule has 5 heteroatoms. The third kappa shape index (κ3) is 2.22. The van der Waals surface area contributed by atoms with Crippen LogP contribution in [-0.4, -0.2) is 9.55 Å². The van der Waals surface area contributed by atoms with Crippen molar-refractivity contribution < 1.29 is 8.78 Å². The molecule has 1 aromatic heterocycles. The Labute approximate surface area is 126 Å². The Kier molecular flexibility index (Phi) is 2.89. The number of fused-ring (bicyclic) bond motifs is 1. The monoisotopic (exact) mass is 299 g/mol. The van der Waals surface area contributed by atoms with E-state index in [1.165, 1.54) is 12.1 Å². The minimum absolute atomic E-state index is 0.396. The Hall–Kier alpha value is -2.43. The lowest BCUT2D eigenvalue weighted by Gasteiger charge is -2.09. The molecule has 1 aliphatic carbocycles. The molecule has 0 unspecified atom stereocenters. The van der Waals surface area contributed by atoms with Gasteiger partial charge in [0.15, 0.2) is 11.6 Å². The van der Waals surface area contributed by atoms with Gasteiger partial charge in [-0.1, -0.05) is 12.1 Å². The van der Waals surface area contributed by atoms with Gasteiger partial charge in [0.05, 0.1) is 11.0 Å². The summed E-state index contributed by atoms with van der Waals surface area (Å²) < 4.78 is 29.0. The van der Waals surface area contributed by atoms with Crippen molar-refractivity contribution in [1.29, 1.82) is 0 Å². The highest BCUT2D eigenvalue weighted by atomic mass is 19.2. The molecule has 3 nitrogen and oxygen atoms in total. The van der Waals surface area contributed by atoms with Gasteiger partial charge in [0.25, 0.3) is 0 Å². The van der Waals surface area contributed by atoms with Crippen molar-refractivity contribution in [2.24, 2.45) is 0 Å². The Morgan fingerprint density at radius 1 is 1.09 bits per heavy atom. The second-order valence-corrected chi connectivity index (χ2v) is 5.83. The molecule has 0 bridgehead atoms. The highest BCUT2D eigenvalue weighted by Gasteiger charge is 2.30.